The van der Waals surface area contributed by atoms with Gasteiger partial charge in [0.1, 0.15) is 5.75 Å². The van der Waals surface area contributed by atoms with Crippen LogP contribution in [0.2, 0.25) is 0 Å². The molecule has 0 spiro atoms. The second kappa shape index (κ2) is 9.74. The molecule has 8 nitrogen and oxygen atoms in total. The molecule has 0 fully saturated rings. The average molecular weight is 476 g/mol. The summed E-state index contributed by atoms with van der Waals surface area (Å²) in [6.45, 7) is 9.37. The lowest BCUT2D eigenvalue weighted by molar-refractivity contribution is -0.118. The predicted octanol–water partition coefficient (Wildman–Crippen LogP) is 5.35. The number of ether oxygens (including phenoxy) is 1. The second-order valence-electron chi connectivity index (χ2n) is 9.25. The van der Waals surface area contributed by atoms with Crippen molar-refractivity contribution in [1.29, 1.82) is 0 Å². The van der Waals surface area contributed by atoms with Crippen molar-refractivity contribution in [2.24, 2.45) is 5.92 Å². The molecule has 35 heavy (non-hydrogen) atoms. The maximum Gasteiger partial charge on any atom is 0.294 e. The fourth-order valence-corrected chi connectivity index (χ4v) is 4.19. The highest BCUT2D eigenvalue weighted by Crippen LogP contribution is 2.44. The van der Waals surface area contributed by atoms with Crippen molar-refractivity contribution in [2.45, 2.75) is 53.2 Å². The van der Waals surface area contributed by atoms with Crippen LogP contribution in [0, 0.1) is 12.8 Å². The fraction of sp³-hybridized carbons (Fsp3) is 0.333. The van der Waals surface area contributed by atoms with Crippen LogP contribution in [0.15, 0.2) is 64.4 Å². The number of rotatable bonds is 8. The Morgan fingerprint density at radius 2 is 1.80 bits per heavy atom. The quantitative estimate of drug-likeness (QED) is 0.468. The number of carbonyl (C=O) groups is 2. The molecule has 0 aliphatic carbocycles. The topological polar surface area (TPSA) is 106 Å². The van der Waals surface area contributed by atoms with Crippen molar-refractivity contribution in [3.8, 4) is 17.1 Å². The third-order valence-corrected chi connectivity index (χ3v) is 5.61. The molecule has 1 amide bonds. The van der Waals surface area contributed by atoms with E-state index in [-0.39, 0.29) is 29.8 Å². The molecule has 1 aliphatic rings. The smallest absolute Gasteiger partial charge is 0.294 e. The van der Waals surface area contributed by atoms with Crippen molar-refractivity contribution < 1.29 is 24.0 Å². The van der Waals surface area contributed by atoms with Gasteiger partial charge in [-0.15, -0.1) is 0 Å². The number of ketones is 1. The Morgan fingerprint density at radius 1 is 1.11 bits per heavy atom. The standard InChI is InChI=1S/C27H29N3O5/c1-15(2)14-21(31)23-24(20-8-6-7-9-22(20)34-16(3)4)30(27(33)25(23)32)19-12-10-18(11-13-19)26-28-17(5)35-29-26/h6-13,15-16,24,32H,14H2,1-5H3. The number of aryl methyl sites for hydroxylation is 1. The molecule has 0 bridgehead atoms. The van der Waals surface area contributed by atoms with E-state index in [1.165, 1.54) is 4.90 Å². The lowest BCUT2D eigenvalue weighted by Gasteiger charge is -2.29. The summed E-state index contributed by atoms with van der Waals surface area (Å²) in [5, 5.41) is 14.8. The number of carbonyl (C=O) groups excluding carboxylic acids is 2. The van der Waals surface area contributed by atoms with E-state index in [1.54, 1.807) is 37.3 Å². The molecular formula is C27H29N3O5. The van der Waals surface area contributed by atoms with Gasteiger partial charge in [0.05, 0.1) is 17.7 Å². The van der Waals surface area contributed by atoms with E-state index in [1.807, 2.05) is 45.9 Å². The van der Waals surface area contributed by atoms with Crippen molar-refractivity contribution in [3.63, 3.8) is 0 Å². The Kier molecular flexibility index (Phi) is 6.73. The van der Waals surface area contributed by atoms with Gasteiger partial charge in [-0.05, 0) is 50.1 Å². The normalized spacial score (nSPS) is 16.0. The van der Waals surface area contributed by atoms with Gasteiger partial charge in [0.15, 0.2) is 11.5 Å². The van der Waals surface area contributed by atoms with Gasteiger partial charge in [-0.1, -0.05) is 37.2 Å². The molecule has 8 heteroatoms. The molecule has 1 atom stereocenters. The number of Topliss-reactive ketones (excluding diaryl/α,β-unsaturated/α-hetero) is 1. The van der Waals surface area contributed by atoms with Crippen LogP contribution in [0.4, 0.5) is 5.69 Å². The van der Waals surface area contributed by atoms with Gasteiger partial charge in [0.2, 0.25) is 11.7 Å². The van der Waals surface area contributed by atoms with E-state index in [0.717, 1.165) is 0 Å². The molecule has 0 saturated heterocycles. The fourth-order valence-electron chi connectivity index (χ4n) is 4.19. The summed E-state index contributed by atoms with van der Waals surface area (Å²) in [5.74, 6) is 0.0612. The molecule has 1 aromatic heterocycles. The van der Waals surface area contributed by atoms with Gasteiger partial charge < -0.3 is 14.4 Å². The third-order valence-electron chi connectivity index (χ3n) is 5.61. The number of benzene rings is 2. The number of nitrogens with zero attached hydrogens (tertiary/aromatic N) is 3. The molecule has 2 heterocycles. The summed E-state index contributed by atoms with van der Waals surface area (Å²) in [4.78, 5) is 32.3. The first kappa shape index (κ1) is 24.2. The highest BCUT2D eigenvalue weighted by Gasteiger charge is 2.45. The largest absolute Gasteiger partial charge is 0.503 e. The Hall–Kier alpha value is -3.94. The number of aliphatic hydroxyl groups excluding tert-OH is 1. The lowest BCUT2D eigenvalue weighted by Crippen LogP contribution is -2.31. The molecule has 182 valence electrons. The minimum atomic E-state index is -0.832. The van der Waals surface area contributed by atoms with Crippen molar-refractivity contribution in [1.82, 2.24) is 10.1 Å². The van der Waals surface area contributed by atoms with E-state index in [9.17, 15) is 14.7 Å². The van der Waals surface area contributed by atoms with Crippen LogP contribution in [0.1, 0.15) is 51.6 Å². The zero-order chi connectivity index (χ0) is 25.3. The Bertz CT molecular complexity index is 1270. The summed E-state index contributed by atoms with van der Waals surface area (Å²) in [7, 11) is 0. The van der Waals surface area contributed by atoms with E-state index >= 15 is 0 Å². The molecule has 4 rings (SSSR count). The summed E-state index contributed by atoms with van der Waals surface area (Å²) >= 11 is 0. The highest BCUT2D eigenvalue weighted by molar-refractivity contribution is 6.16. The number of anilines is 1. The van der Waals surface area contributed by atoms with Crippen LogP contribution in [-0.4, -0.2) is 33.0 Å². The van der Waals surface area contributed by atoms with Crippen LogP contribution in [0.3, 0.4) is 0 Å². The molecule has 1 N–H and O–H groups in total. The minimum Gasteiger partial charge on any atom is -0.503 e. The van der Waals surface area contributed by atoms with Crippen LogP contribution >= 0.6 is 0 Å². The number of hydrogen-bond donors (Lipinski definition) is 1. The lowest BCUT2D eigenvalue weighted by atomic mass is 9.91. The van der Waals surface area contributed by atoms with Crippen LogP contribution in [0.25, 0.3) is 11.4 Å². The predicted molar refractivity (Wildman–Crippen MR) is 131 cm³/mol. The van der Waals surface area contributed by atoms with E-state index in [4.69, 9.17) is 9.26 Å². The molecule has 1 aliphatic heterocycles. The van der Waals surface area contributed by atoms with E-state index in [0.29, 0.717) is 34.3 Å². The van der Waals surface area contributed by atoms with Crippen LogP contribution in [-0.2, 0) is 9.59 Å². The number of para-hydroxylation sites is 1. The van der Waals surface area contributed by atoms with Gasteiger partial charge in [0, 0.05) is 30.2 Å². The summed E-state index contributed by atoms with van der Waals surface area (Å²) in [6.07, 6.45) is 0.0900. The van der Waals surface area contributed by atoms with E-state index in [2.05, 4.69) is 10.1 Å². The maximum atomic E-state index is 13.4. The minimum absolute atomic E-state index is 0.0625. The van der Waals surface area contributed by atoms with Crippen LogP contribution < -0.4 is 9.64 Å². The molecule has 1 unspecified atom stereocenters. The van der Waals surface area contributed by atoms with Gasteiger partial charge in [-0.25, -0.2) is 0 Å². The van der Waals surface area contributed by atoms with Crippen LogP contribution in [0.5, 0.6) is 5.75 Å². The Labute approximate surface area is 204 Å². The maximum absolute atomic E-state index is 13.4. The van der Waals surface area contributed by atoms with Gasteiger partial charge in [-0.2, -0.15) is 4.98 Å². The number of hydrogen-bond acceptors (Lipinski definition) is 7. The molecule has 0 radical (unpaired) electrons. The first-order valence-corrected chi connectivity index (χ1v) is 11.6. The second-order valence-corrected chi connectivity index (χ2v) is 9.25. The summed E-state index contributed by atoms with van der Waals surface area (Å²) < 4.78 is 11.1. The Balaban J connectivity index is 1.82. The summed E-state index contributed by atoms with van der Waals surface area (Å²) in [6, 6.07) is 13.5. The van der Waals surface area contributed by atoms with E-state index < -0.39 is 17.7 Å². The van der Waals surface area contributed by atoms with Gasteiger partial charge in [0.25, 0.3) is 5.91 Å². The number of aromatic nitrogens is 2. The molecular weight excluding hydrogens is 446 g/mol. The number of aliphatic hydroxyl groups is 1. The van der Waals surface area contributed by atoms with Crippen molar-refractivity contribution >= 4 is 17.4 Å². The first-order valence-electron chi connectivity index (χ1n) is 11.6. The summed E-state index contributed by atoms with van der Waals surface area (Å²) in [5.41, 5.74) is 1.94. The zero-order valence-corrected chi connectivity index (χ0v) is 20.5. The average Bonchev–Trinajstić information content (AvgIpc) is 3.34. The highest BCUT2D eigenvalue weighted by atomic mass is 16.5. The number of amides is 1. The van der Waals surface area contributed by atoms with Crippen molar-refractivity contribution in [3.05, 3.63) is 71.3 Å². The molecule has 0 saturated carbocycles. The Morgan fingerprint density at radius 3 is 2.40 bits per heavy atom. The first-order chi connectivity index (χ1) is 16.7. The third kappa shape index (κ3) is 4.82. The molecule has 2 aromatic carbocycles. The van der Waals surface area contributed by atoms with Gasteiger partial charge in [-0.3, -0.25) is 14.5 Å². The zero-order valence-electron chi connectivity index (χ0n) is 20.5. The molecule has 3 aromatic rings. The SMILES string of the molecule is Cc1nc(-c2ccc(N3C(=O)C(O)=C(C(=O)CC(C)C)C3c3ccccc3OC(C)C)cc2)no1. The monoisotopic (exact) mass is 475 g/mol. The van der Waals surface area contributed by atoms with Crippen molar-refractivity contribution in [2.75, 3.05) is 4.90 Å². The van der Waals surface area contributed by atoms with Gasteiger partial charge >= 0.3 is 0 Å².